The molecule has 7 nitrogen and oxygen atoms in total. The fraction of sp³-hybridized carbons (Fsp3) is 0.250. The van der Waals surface area contributed by atoms with E-state index in [0.717, 1.165) is 0 Å². The number of H-pyrrole nitrogens is 1. The third-order valence-corrected chi connectivity index (χ3v) is 3.16. The highest BCUT2D eigenvalue weighted by Gasteiger charge is 2.20. The fourth-order valence-corrected chi connectivity index (χ4v) is 2.27. The molecule has 0 atom stereocenters. The molecule has 3 aromatic rings. The van der Waals surface area contributed by atoms with Crippen LogP contribution in [0.15, 0.2) is 15.4 Å². The molecule has 0 saturated heterocycles. The Balaban J connectivity index is 2.39. The van der Waals surface area contributed by atoms with Crippen LogP contribution in [-0.2, 0) is 13.7 Å². The first-order valence-corrected chi connectivity index (χ1v) is 5.94. The number of aliphatic hydroxyl groups excluding tert-OH is 1. The van der Waals surface area contributed by atoms with Crippen molar-refractivity contribution in [3.05, 3.63) is 28.1 Å². The molecule has 0 bridgehead atoms. The summed E-state index contributed by atoms with van der Waals surface area (Å²) in [6.07, 6.45) is 1.55. The molecule has 3 aromatic heterocycles. The summed E-state index contributed by atoms with van der Waals surface area (Å²) in [6, 6.07) is 0. The van der Waals surface area contributed by atoms with Gasteiger partial charge in [0.2, 0.25) is 11.8 Å². The summed E-state index contributed by atoms with van der Waals surface area (Å²) in [4.78, 5) is 15.1. The maximum absolute atomic E-state index is 12.1. The van der Waals surface area contributed by atoms with Gasteiger partial charge in [0.15, 0.2) is 0 Å². The first kappa shape index (κ1) is 12.7. The number of pyridine rings is 1. The smallest absolute Gasteiger partial charge is 0.274 e. The Morgan fingerprint density at radius 2 is 2.25 bits per heavy atom. The minimum Gasteiger partial charge on any atom is -0.418 e. The van der Waals surface area contributed by atoms with E-state index in [9.17, 15) is 4.79 Å². The van der Waals surface area contributed by atoms with Crippen molar-refractivity contribution in [3.8, 4) is 11.5 Å². The van der Waals surface area contributed by atoms with Gasteiger partial charge < -0.3 is 19.1 Å². The molecule has 0 amide bonds. The van der Waals surface area contributed by atoms with Crippen molar-refractivity contribution in [2.45, 2.75) is 13.5 Å². The second-order valence-corrected chi connectivity index (χ2v) is 4.53. The van der Waals surface area contributed by atoms with Crippen LogP contribution in [0, 0.1) is 6.92 Å². The summed E-state index contributed by atoms with van der Waals surface area (Å²) in [5.41, 5.74) is 1.92. The van der Waals surface area contributed by atoms with Crippen molar-refractivity contribution in [1.82, 2.24) is 19.7 Å². The zero-order chi connectivity index (χ0) is 14.4. The van der Waals surface area contributed by atoms with Crippen LogP contribution in [0.4, 0.5) is 0 Å². The molecule has 0 aliphatic carbocycles. The first-order chi connectivity index (χ1) is 9.52. The van der Waals surface area contributed by atoms with Gasteiger partial charge in [0.1, 0.15) is 20.0 Å². The number of nitrogens with one attached hydrogen (secondary N) is 1. The van der Waals surface area contributed by atoms with E-state index >= 15 is 0 Å². The zero-order valence-electron chi connectivity index (χ0n) is 11.0. The van der Waals surface area contributed by atoms with Gasteiger partial charge in [-0.1, -0.05) is 5.46 Å². The van der Waals surface area contributed by atoms with Crippen LogP contribution in [0.25, 0.3) is 22.4 Å². The Morgan fingerprint density at radius 1 is 1.50 bits per heavy atom. The minimum atomic E-state index is -0.342. The number of fused-ring (bicyclic) bond motifs is 1. The molecular formula is C12H11BN4O3. The quantitative estimate of drug-likeness (QED) is 0.612. The average molecular weight is 270 g/mol. The molecule has 2 radical (unpaired) electrons. The van der Waals surface area contributed by atoms with Crippen molar-refractivity contribution in [1.29, 1.82) is 0 Å². The number of hydrogen-bond acceptors (Lipinski definition) is 5. The second kappa shape index (κ2) is 4.34. The molecule has 20 heavy (non-hydrogen) atoms. The van der Waals surface area contributed by atoms with E-state index in [4.69, 9.17) is 17.4 Å². The van der Waals surface area contributed by atoms with E-state index in [-0.39, 0.29) is 23.9 Å². The first-order valence-electron chi connectivity index (χ1n) is 5.94. The number of aromatic nitrogens is 4. The highest BCUT2D eigenvalue weighted by atomic mass is 16.4. The highest BCUT2D eigenvalue weighted by Crippen LogP contribution is 2.28. The maximum Gasteiger partial charge on any atom is 0.274 e. The van der Waals surface area contributed by atoms with Gasteiger partial charge in [-0.2, -0.15) is 0 Å². The Labute approximate surface area is 114 Å². The summed E-state index contributed by atoms with van der Waals surface area (Å²) < 4.78 is 6.74. The molecule has 0 aromatic carbocycles. The van der Waals surface area contributed by atoms with Crippen LogP contribution in [0.3, 0.4) is 0 Å². The van der Waals surface area contributed by atoms with E-state index in [1.54, 1.807) is 20.2 Å². The number of hydrogen-bond donors (Lipinski definition) is 2. The molecule has 0 aliphatic heterocycles. The molecule has 0 saturated carbocycles. The van der Waals surface area contributed by atoms with Gasteiger partial charge in [-0.25, -0.2) is 0 Å². The van der Waals surface area contributed by atoms with Crippen molar-refractivity contribution >= 4 is 24.2 Å². The number of aryl methyl sites for hydroxylation is 2. The van der Waals surface area contributed by atoms with Gasteiger partial charge in [-0.15, -0.1) is 10.2 Å². The topological polar surface area (TPSA) is 96.9 Å². The lowest BCUT2D eigenvalue weighted by Crippen LogP contribution is -2.22. The van der Waals surface area contributed by atoms with Crippen molar-refractivity contribution in [2.75, 3.05) is 0 Å². The lowest BCUT2D eigenvalue weighted by molar-refractivity contribution is 0.241. The van der Waals surface area contributed by atoms with E-state index in [2.05, 4.69) is 15.2 Å². The van der Waals surface area contributed by atoms with E-state index in [1.165, 1.54) is 4.57 Å². The lowest BCUT2D eigenvalue weighted by atomic mass is 9.92. The Kier molecular flexibility index (Phi) is 2.75. The van der Waals surface area contributed by atoms with Gasteiger partial charge in [-0.3, -0.25) is 4.79 Å². The van der Waals surface area contributed by atoms with Crippen LogP contribution in [-0.4, -0.2) is 32.7 Å². The summed E-state index contributed by atoms with van der Waals surface area (Å²) in [5, 5.41) is 17.1. The van der Waals surface area contributed by atoms with Crippen LogP contribution < -0.4 is 11.0 Å². The standard InChI is InChI=1S/C12H11BN4O3/c1-5-8(11-16-15-7(4-18)20-11)9-6(13)3-17(2)12(19)10(9)14-5/h3,14,18H,4H2,1-2H3. The third-order valence-electron chi connectivity index (χ3n) is 3.16. The van der Waals surface area contributed by atoms with Crippen LogP contribution in [0.2, 0.25) is 0 Å². The van der Waals surface area contributed by atoms with Crippen LogP contribution in [0.1, 0.15) is 11.6 Å². The number of aromatic amines is 1. The third kappa shape index (κ3) is 1.69. The van der Waals surface area contributed by atoms with Gasteiger partial charge in [0.25, 0.3) is 5.56 Å². The Bertz CT molecular complexity index is 862. The average Bonchev–Trinajstić information content (AvgIpc) is 2.99. The molecule has 0 spiro atoms. The summed E-state index contributed by atoms with van der Waals surface area (Å²) in [7, 11) is 7.63. The molecule has 0 unspecified atom stereocenters. The van der Waals surface area contributed by atoms with Gasteiger partial charge in [-0.05, 0) is 6.92 Å². The zero-order valence-corrected chi connectivity index (χ0v) is 11.0. The molecule has 0 fully saturated rings. The lowest BCUT2D eigenvalue weighted by Gasteiger charge is -2.03. The molecular weight excluding hydrogens is 259 g/mol. The molecule has 100 valence electrons. The summed E-state index contributed by atoms with van der Waals surface area (Å²) in [6.45, 7) is 1.45. The molecule has 3 heterocycles. The summed E-state index contributed by atoms with van der Waals surface area (Å²) in [5.74, 6) is 0.328. The van der Waals surface area contributed by atoms with Gasteiger partial charge >= 0.3 is 0 Å². The van der Waals surface area contributed by atoms with Crippen molar-refractivity contribution in [3.63, 3.8) is 0 Å². The SMILES string of the molecule is [B]c1cn(C)c(=O)c2[nH]c(C)c(-c3nnc(CO)o3)c12. The predicted molar refractivity (Wildman–Crippen MR) is 72.9 cm³/mol. The molecule has 8 heteroatoms. The highest BCUT2D eigenvalue weighted by molar-refractivity contribution is 6.39. The van der Waals surface area contributed by atoms with Gasteiger partial charge in [0.05, 0.1) is 5.56 Å². The van der Waals surface area contributed by atoms with Gasteiger partial charge in [0, 0.05) is 24.3 Å². The van der Waals surface area contributed by atoms with E-state index < -0.39 is 0 Å². The Morgan fingerprint density at radius 3 is 2.90 bits per heavy atom. The van der Waals surface area contributed by atoms with E-state index in [0.29, 0.717) is 27.6 Å². The molecule has 2 N–H and O–H groups in total. The maximum atomic E-state index is 12.1. The van der Waals surface area contributed by atoms with Crippen LogP contribution >= 0.6 is 0 Å². The monoisotopic (exact) mass is 270 g/mol. The normalized spacial score (nSPS) is 11.3. The Hall–Kier alpha value is -2.35. The largest absolute Gasteiger partial charge is 0.418 e. The van der Waals surface area contributed by atoms with Crippen LogP contribution in [0.5, 0.6) is 0 Å². The number of aliphatic hydroxyl groups is 1. The van der Waals surface area contributed by atoms with Crippen molar-refractivity contribution < 1.29 is 9.52 Å². The second-order valence-electron chi connectivity index (χ2n) is 4.53. The minimum absolute atomic E-state index is 0.108. The van der Waals surface area contributed by atoms with Crippen molar-refractivity contribution in [2.24, 2.45) is 7.05 Å². The fourth-order valence-electron chi connectivity index (χ4n) is 2.27. The number of rotatable bonds is 2. The molecule has 0 aliphatic rings. The number of nitrogens with zero attached hydrogens (tertiary/aromatic N) is 3. The predicted octanol–water partition coefficient (Wildman–Crippen LogP) is -0.489. The molecule has 3 rings (SSSR count). The van der Waals surface area contributed by atoms with E-state index in [1.807, 2.05) is 0 Å². The summed E-state index contributed by atoms with van der Waals surface area (Å²) >= 11 is 0.